The molecule has 1 saturated heterocycles. The number of alkyl halides is 3. The Morgan fingerprint density at radius 3 is 2.41 bits per heavy atom. The number of benzene rings is 2. The van der Waals surface area contributed by atoms with Crippen LogP contribution in [0.4, 0.5) is 24.5 Å². The summed E-state index contributed by atoms with van der Waals surface area (Å²) in [6.07, 6.45) is -3.67. The van der Waals surface area contributed by atoms with Crippen LogP contribution in [0.15, 0.2) is 42.5 Å². The summed E-state index contributed by atoms with van der Waals surface area (Å²) in [5, 5.41) is 3.01. The summed E-state index contributed by atoms with van der Waals surface area (Å²) in [6.45, 7) is 5.39. The molecule has 1 fully saturated rings. The zero-order valence-electron chi connectivity index (χ0n) is 19.4. The van der Waals surface area contributed by atoms with Crippen LogP contribution < -0.4 is 10.2 Å². The van der Waals surface area contributed by atoms with Gasteiger partial charge in [-0.15, -0.1) is 0 Å². The molecule has 1 aliphatic rings. The fourth-order valence-electron chi connectivity index (χ4n) is 3.71. The van der Waals surface area contributed by atoms with Crippen molar-refractivity contribution in [2.75, 3.05) is 63.7 Å². The van der Waals surface area contributed by atoms with E-state index in [4.69, 9.17) is 28.6 Å². The van der Waals surface area contributed by atoms with Gasteiger partial charge in [0.05, 0.1) is 23.8 Å². The van der Waals surface area contributed by atoms with Gasteiger partial charge in [0.15, 0.2) is 5.11 Å². The molecular weight excluding hydrogens is 485 g/mol. The van der Waals surface area contributed by atoms with Crippen LogP contribution >= 0.6 is 23.8 Å². The summed E-state index contributed by atoms with van der Waals surface area (Å²) < 4.78 is 45.2. The second-order valence-electron chi connectivity index (χ2n) is 8.41. The first-order chi connectivity index (χ1) is 16.1. The Balaban J connectivity index is 1.71. The van der Waals surface area contributed by atoms with Crippen LogP contribution in [0.25, 0.3) is 0 Å². The molecule has 0 spiro atoms. The SMILES string of the molecule is CN(C)c1ccc(CN(CCCN2CCOCC2)C(=S)Nc2ccc(Cl)c(C(F)(F)F)c2)cc1. The lowest BCUT2D eigenvalue weighted by molar-refractivity contribution is -0.137. The lowest BCUT2D eigenvalue weighted by Crippen LogP contribution is -2.40. The molecule has 0 unspecified atom stereocenters. The van der Waals surface area contributed by atoms with E-state index in [-0.39, 0.29) is 10.7 Å². The van der Waals surface area contributed by atoms with Crippen LogP contribution in [0.5, 0.6) is 0 Å². The van der Waals surface area contributed by atoms with Crippen molar-refractivity contribution in [2.45, 2.75) is 19.1 Å². The van der Waals surface area contributed by atoms with E-state index in [1.807, 2.05) is 48.2 Å². The fraction of sp³-hybridized carbons (Fsp3) is 0.458. The molecule has 5 nitrogen and oxygen atoms in total. The van der Waals surface area contributed by atoms with Gasteiger partial charge in [0, 0.05) is 58.2 Å². The summed E-state index contributed by atoms with van der Waals surface area (Å²) in [6, 6.07) is 11.9. The molecule has 0 radical (unpaired) electrons. The molecule has 186 valence electrons. The van der Waals surface area contributed by atoms with Gasteiger partial charge in [-0.25, -0.2) is 0 Å². The summed E-state index contributed by atoms with van der Waals surface area (Å²) in [4.78, 5) is 6.36. The van der Waals surface area contributed by atoms with Crippen molar-refractivity contribution in [3.63, 3.8) is 0 Å². The molecule has 1 N–H and O–H groups in total. The lowest BCUT2D eigenvalue weighted by atomic mass is 10.1. The molecule has 0 aromatic heterocycles. The largest absolute Gasteiger partial charge is 0.417 e. The van der Waals surface area contributed by atoms with Crippen LogP contribution in [-0.4, -0.2) is 68.4 Å². The van der Waals surface area contributed by atoms with Gasteiger partial charge in [-0.3, -0.25) is 4.90 Å². The lowest BCUT2D eigenvalue weighted by Gasteiger charge is -2.30. The molecular formula is C24H30ClF3N4OS. The van der Waals surface area contributed by atoms with E-state index in [0.717, 1.165) is 56.6 Å². The molecule has 2 aromatic rings. The highest BCUT2D eigenvalue weighted by atomic mass is 35.5. The first-order valence-corrected chi connectivity index (χ1v) is 11.9. The molecule has 0 saturated carbocycles. The van der Waals surface area contributed by atoms with E-state index in [2.05, 4.69) is 10.2 Å². The van der Waals surface area contributed by atoms with Gasteiger partial charge in [-0.05, 0) is 54.5 Å². The fourth-order valence-corrected chi connectivity index (χ4v) is 4.20. The molecule has 0 bridgehead atoms. The van der Waals surface area contributed by atoms with E-state index in [9.17, 15) is 13.2 Å². The van der Waals surface area contributed by atoms with Gasteiger partial charge in [-0.1, -0.05) is 23.7 Å². The molecule has 0 aliphatic carbocycles. The second kappa shape index (κ2) is 12.1. The number of halogens is 4. The third kappa shape index (κ3) is 7.73. The van der Waals surface area contributed by atoms with E-state index in [1.54, 1.807) is 0 Å². The molecule has 34 heavy (non-hydrogen) atoms. The monoisotopic (exact) mass is 514 g/mol. The minimum Gasteiger partial charge on any atom is -0.379 e. The third-order valence-corrected chi connectivity index (χ3v) is 6.33. The van der Waals surface area contributed by atoms with Gasteiger partial charge in [-0.2, -0.15) is 13.2 Å². The van der Waals surface area contributed by atoms with Gasteiger partial charge in [0.2, 0.25) is 0 Å². The Kier molecular flexibility index (Phi) is 9.41. The topological polar surface area (TPSA) is 31.0 Å². The smallest absolute Gasteiger partial charge is 0.379 e. The Labute approximate surface area is 209 Å². The molecule has 2 aromatic carbocycles. The van der Waals surface area contributed by atoms with Crippen molar-refractivity contribution < 1.29 is 17.9 Å². The number of ether oxygens (including phenoxy) is 1. The zero-order valence-corrected chi connectivity index (χ0v) is 20.9. The average Bonchev–Trinajstić information content (AvgIpc) is 2.80. The highest BCUT2D eigenvalue weighted by Gasteiger charge is 2.33. The number of nitrogens with one attached hydrogen (secondary N) is 1. The van der Waals surface area contributed by atoms with Gasteiger partial charge >= 0.3 is 6.18 Å². The second-order valence-corrected chi connectivity index (χ2v) is 9.21. The van der Waals surface area contributed by atoms with E-state index in [1.165, 1.54) is 12.1 Å². The van der Waals surface area contributed by atoms with Crippen molar-refractivity contribution in [1.82, 2.24) is 9.80 Å². The Bertz CT molecular complexity index is 950. The summed E-state index contributed by atoms with van der Waals surface area (Å²) in [5.41, 5.74) is 1.51. The molecule has 1 heterocycles. The van der Waals surface area contributed by atoms with Crippen LogP contribution in [0.3, 0.4) is 0 Å². The standard InChI is InChI=1S/C24H30ClF3N4OS/c1-30(2)20-7-4-18(5-8-20)17-32(11-3-10-31-12-14-33-15-13-31)23(34)29-19-6-9-22(25)21(16-19)24(26,27)28/h4-9,16H,3,10-15,17H2,1-2H3,(H,29,34). The maximum atomic E-state index is 13.3. The Morgan fingerprint density at radius 2 is 1.79 bits per heavy atom. The van der Waals surface area contributed by atoms with Gasteiger partial charge < -0.3 is 19.9 Å². The van der Waals surface area contributed by atoms with E-state index >= 15 is 0 Å². The van der Waals surface area contributed by atoms with Crippen LogP contribution in [0.1, 0.15) is 17.5 Å². The first kappa shape index (κ1) is 26.5. The number of morpholine rings is 1. The maximum absolute atomic E-state index is 13.3. The van der Waals surface area contributed by atoms with Crippen LogP contribution in [0.2, 0.25) is 5.02 Å². The Morgan fingerprint density at radius 1 is 1.12 bits per heavy atom. The first-order valence-electron chi connectivity index (χ1n) is 11.1. The number of nitrogens with zero attached hydrogens (tertiary/aromatic N) is 3. The number of hydrogen-bond donors (Lipinski definition) is 1. The number of thiocarbonyl (C=S) groups is 1. The van der Waals surface area contributed by atoms with Gasteiger partial charge in [0.25, 0.3) is 0 Å². The van der Waals surface area contributed by atoms with Crippen molar-refractivity contribution in [1.29, 1.82) is 0 Å². The van der Waals surface area contributed by atoms with E-state index in [0.29, 0.717) is 18.2 Å². The van der Waals surface area contributed by atoms with Gasteiger partial charge in [0.1, 0.15) is 0 Å². The summed E-state index contributed by atoms with van der Waals surface area (Å²) in [7, 11) is 3.96. The summed E-state index contributed by atoms with van der Waals surface area (Å²) in [5.74, 6) is 0. The molecule has 3 rings (SSSR count). The highest BCUT2D eigenvalue weighted by molar-refractivity contribution is 7.80. The minimum absolute atomic E-state index is 0.253. The maximum Gasteiger partial charge on any atom is 0.417 e. The predicted octanol–water partition coefficient (Wildman–Crippen LogP) is 5.35. The molecule has 10 heteroatoms. The third-order valence-electron chi connectivity index (χ3n) is 5.64. The molecule has 0 atom stereocenters. The molecule has 1 aliphatic heterocycles. The number of rotatable bonds is 8. The van der Waals surface area contributed by atoms with Crippen LogP contribution in [-0.2, 0) is 17.5 Å². The number of anilines is 2. The van der Waals surface area contributed by atoms with Crippen LogP contribution in [0, 0.1) is 0 Å². The predicted molar refractivity (Wildman–Crippen MR) is 136 cm³/mol. The van der Waals surface area contributed by atoms with Crippen molar-refractivity contribution >= 4 is 40.3 Å². The zero-order chi connectivity index (χ0) is 24.7. The number of hydrogen-bond acceptors (Lipinski definition) is 4. The summed E-state index contributed by atoms with van der Waals surface area (Å²) >= 11 is 11.4. The minimum atomic E-state index is -4.54. The highest BCUT2D eigenvalue weighted by Crippen LogP contribution is 2.36. The normalized spacial score (nSPS) is 14.6. The quantitative estimate of drug-likeness (QED) is 0.478. The molecule has 0 amide bonds. The van der Waals surface area contributed by atoms with Crippen molar-refractivity contribution in [3.05, 3.63) is 58.6 Å². The Hall–Kier alpha value is -2.07. The average molecular weight is 515 g/mol. The van der Waals surface area contributed by atoms with Crippen molar-refractivity contribution in [3.8, 4) is 0 Å². The van der Waals surface area contributed by atoms with E-state index < -0.39 is 11.7 Å². The van der Waals surface area contributed by atoms with Crippen molar-refractivity contribution in [2.24, 2.45) is 0 Å².